The van der Waals surface area contributed by atoms with Crippen molar-refractivity contribution in [3.63, 3.8) is 0 Å². The molecule has 0 aromatic heterocycles. The van der Waals surface area contributed by atoms with E-state index in [1.165, 1.54) is 19.3 Å². The molecule has 0 aliphatic heterocycles. The molecular weight excluding hydrogens is 505 g/mol. The summed E-state index contributed by atoms with van der Waals surface area (Å²) in [6, 6.07) is 3.81. The molecule has 2 N–H and O–H groups in total. The molecule has 1 fully saturated rings. The lowest BCUT2D eigenvalue weighted by atomic mass is 9.67. The summed E-state index contributed by atoms with van der Waals surface area (Å²) in [7, 11) is 3.38. The van der Waals surface area contributed by atoms with Crippen molar-refractivity contribution < 1.29 is 14.2 Å². The molecule has 0 heterocycles. The molecule has 1 saturated carbocycles. The third-order valence-corrected chi connectivity index (χ3v) is 5.50. The highest BCUT2D eigenvalue weighted by Gasteiger charge is 2.36. The fraction of sp³-hybridized carbons (Fsp3) is 0.667. The van der Waals surface area contributed by atoms with E-state index in [0.717, 1.165) is 37.6 Å². The second-order valence-electron chi connectivity index (χ2n) is 7.19. The molecule has 0 saturated heterocycles. The summed E-state index contributed by atoms with van der Waals surface area (Å²) in [6.07, 6.45) is 4.87. The van der Waals surface area contributed by atoms with Crippen molar-refractivity contribution in [2.75, 3.05) is 40.5 Å². The summed E-state index contributed by atoms with van der Waals surface area (Å²) in [5, 5.41) is 7.37. The van der Waals surface area contributed by atoms with Crippen LogP contribution in [-0.4, -0.2) is 46.5 Å². The lowest BCUT2D eigenvalue weighted by molar-refractivity contribution is 0.0732. The predicted octanol–water partition coefficient (Wildman–Crippen LogP) is 4.63. The van der Waals surface area contributed by atoms with Gasteiger partial charge in [0.25, 0.3) is 0 Å². The molecule has 0 atom stereocenters. The van der Waals surface area contributed by atoms with Gasteiger partial charge < -0.3 is 24.8 Å². The fourth-order valence-corrected chi connectivity index (χ4v) is 3.73. The highest BCUT2D eigenvalue weighted by Crippen LogP contribution is 2.43. The van der Waals surface area contributed by atoms with E-state index in [-0.39, 0.29) is 24.0 Å². The second-order valence-corrected chi connectivity index (χ2v) is 7.59. The zero-order valence-electron chi connectivity index (χ0n) is 18.0. The van der Waals surface area contributed by atoms with Gasteiger partial charge in [0.1, 0.15) is 0 Å². The SMILES string of the molecule is CCNC(=NCc1cc(Cl)c(OCC)c(OC)c1)NCC1(CCOC)CCC1.I. The first-order chi connectivity index (χ1) is 13.6. The third kappa shape index (κ3) is 7.68. The first kappa shape index (κ1) is 26.1. The molecule has 1 aliphatic rings. The Bertz CT molecular complexity index is 654. The van der Waals surface area contributed by atoms with Crippen LogP contribution in [-0.2, 0) is 11.3 Å². The zero-order chi connectivity index (χ0) is 20.4. The average molecular weight is 540 g/mol. The minimum absolute atomic E-state index is 0. The summed E-state index contributed by atoms with van der Waals surface area (Å²) in [4.78, 5) is 4.73. The van der Waals surface area contributed by atoms with Gasteiger partial charge in [0.05, 0.1) is 25.3 Å². The lowest BCUT2D eigenvalue weighted by Crippen LogP contribution is -2.46. The number of halogens is 2. The van der Waals surface area contributed by atoms with Crippen LogP contribution < -0.4 is 20.1 Å². The van der Waals surface area contributed by atoms with E-state index in [2.05, 4.69) is 17.6 Å². The molecule has 0 radical (unpaired) electrons. The standard InChI is InChI=1S/C21H34ClN3O3.HI/c1-5-23-20(25-15-21(8-7-9-21)10-11-26-3)24-14-16-12-17(22)19(28-6-2)18(13-16)27-4;/h12-13H,5-11,14-15H2,1-4H3,(H2,23,24,25);1H. The van der Waals surface area contributed by atoms with E-state index in [0.29, 0.717) is 35.1 Å². The predicted molar refractivity (Wildman–Crippen MR) is 130 cm³/mol. The van der Waals surface area contributed by atoms with Crippen molar-refractivity contribution in [1.82, 2.24) is 10.6 Å². The Labute approximate surface area is 197 Å². The number of aliphatic imine (C=N–C) groups is 1. The van der Waals surface area contributed by atoms with Crippen LogP contribution in [0.3, 0.4) is 0 Å². The molecular formula is C21H35ClIN3O3. The Hall–Kier alpha value is -0.930. The zero-order valence-corrected chi connectivity index (χ0v) is 21.1. The van der Waals surface area contributed by atoms with Gasteiger partial charge in [0.15, 0.2) is 17.5 Å². The summed E-state index contributed by atoms with van der Waals surface area (Å²) in [6.45, 7) is 7.55. The Morgan fingerprint density at radius 1 is 1.21 bits per heavy atom. The highest BCUT2D eigenvalue weighted by molar-refractivity contribution is 14.0. The van der Waals surface area contributed by atoms with Gasteiger partial charge in [-0.2, -0.15) is 0 Å². The summed E-state index contributed by atoms with van der Waals surface area (Å²) >= 11 is 6.37. The number of methoxy groups -OCH3 is 2. The second kappa shape index (κ2) is 13.4. The van der Waals surface area contributed by atoms with Crippen molar-refractivity contribution in [1.29, 1.82) is 0 Å². The Morgan fingerprint density at radius 2 is 1.97 bits per heavy atom. The number of rotatable bonds is 11. The van der Waals surface area contributed by atoms with Gasteiger partial charge in [-0.15, -0.1) is 24.0 Å². The van der Waals surface area contributed by atoms with E-state index < -0.39 is 0 Å². The van der Waals surface area contributed by atoms with Gasteiger partial charge in [-0.05, 0) is 56.2 Å². The molecule has 2 rings (SSSR count). The van der Waals surface area contributed by atoms with Crippen LogP contribution in [0.2, 0.25) is 5.02 Å². The maximum atomic E-state index is 6.37. The normalized spacial score (nSPS) is 15.1. The number of benzene rings is 1. The molecule has 1 aromatic carbocycles. The number of hydrogen-bond donors (Lipinski definition) is 2. The van der Waals surface area contributed by atoms with Crippen LogP contribution in [0, 0.1) is 5.41 Å². The van der Waals surface area contributed by atoms with Crippen molar-refractivity contribution >= 4 is 41.5 Å². The number of guanidine groups is 1. The molecule has 6 nitrogen and oxygen atoms in total. The minimum Gasteiger partial charge on any atom is -0.493 e. The van der Waals surface area contributed by atoms with Crippen LogP contribution >= 0.6 is 35.6 Å². The molecule has 8 heteroatoms. The summed E-state index contributed by atoms with van der Waals surface area (Å²) in [5.41, 5.74) is 1.30. The average Bonchev–Trinajstić information content (AvgIpc) is 2.66. The van der Waals surface area contributed by atoms with Gasteiger partial charge in [-0.25, -0.2) is 4.99 Å². The van der Waals surface area contributed by atoms with Crippen LogP contribution in [0.15, 0.2) is 17.1 Å². The number of ether oxygens (including phenoxy) is 3. The van der Waals surface area contributed by atoms with Crippen molar-refractivity contribution in [3.8, 4) is 11.5 Å². The third-order valence-electron chi connectivity index (χ3n) is 5.22. The Morgan fingerprint density at radius 3 is 2.52 bits per heavy atom. The summed E-state index contributed by atoms with van der Waals surface area (Å²) < 4.78 is 16.3. The first-order valence-electron chi connectivity index (χ1n) is 10.1. The van der Waals surface area contributed by atoms with Crippen molar-refractivity contribution in [3.05, 3.63) is 22.7 Å². The monoisotopic (exact) mass is 539 g/mol. The van der Waals surface area contributed by atoms with Gasteiger partial charge in [0, 0.05) is 26.8 Å². The van der Waals surface area contributed by atoms with Gasteiger partial charge in [0.2, 0.25) is 0 Å². The van der Waals surface area contributed by atoms with E-state index in [9.17, 15) is 0 Å². The molecule has 1 aromatic rings. The van der Waals surface area contributed by atoms with Crippen molar-refractivity contribution in [2.45, 2.75) is 46.1 Å². The molecule has 0 bridgehead atoms. The van der Waals surface area contributed by atoms with E-state index in [1.54, 1.807) is 14.2 Å². The molecule has 166 valence electrons. The molecule has 29 heavy (non-hydrogen) atoms. The van der Waals surface area contributed by atoms with Crippen LogP contribution in [0.5, 0.6) is 11.5 Å². The quantitative estimate of drug-likeness (QED) is 0.244. The van der Waals surface area contributed by atoms with Crippen molar-refractivity contribution in [2.24, 2.45) is 10.4 Å². The Kier molecular flexibility index (Phi) is 12.1. The summed E-state index contributed by atoms with van der Waals surface area (Å²) in [5.74, 6) is 2.02. The van der Waals surface area contributed by atoms with E-state index in [1.807, 2.05) is 19.1 Å². The van der Waals surface area contributed by atoms with Crippen LogP contribution in [0.1, 0.15) is 45.1 Å². The maximum Gasteiger partial charge on any atom is 0.191 e. The Balaban J connectivity index is 0.00000420. The molecule has 0 unspecified atom stereocenters. The number of nitrogens with one attached hydrogen (secondary N) is 2. The topological polar surface area (TPSA) is 64.1 Å². The minimum atomic E-state index is 0. The van der Waals surface area contributed by atoms with E-state index >= 15 is 0 Å². The van der Waals surface area contributed by atoms with Gasteiger partial charge >= 0.3 is 0 Å². The number of nitrogens with zero attached hydrogens (tertiary/aromatic N) is 1. The van der Waals surface area contributed by atoms with Gasteiger partial charge in [-0.1, -0.05) is 18.0 Å². The molecule has 0 amide bonds. The smallest absolute Gasteiger partial charge is 0.191 e. The highest BCUT2D eigenvalue weighted by atomic mass is 127. The maximum absolute atomic E-state index is 6.37. The first-order valence-corrected chi connectivity index (χ1v) is 10.5. The molecule has 0 spiro atoms. The van der Waals surface area contributed by atoms with Crippen LogP contribution in [0.25, 0.3) is 0 Å². The van der Waals surface area contributed by atoms with E-state index in [4.69, 9.17) is 30.8 Å². The largest absolute Gasteiger partial charge is 0.493 e. The van der Waals surface area contributed by atoms with Crippen LogP contribution in [0.4, 0.5) is 0 Å². The fourth-order valence-electron chi connectivity index (χ4n) is 3.44. The van der Waals surface area contributed by atoms with Gasteiger partial charge in [-0.3, -0.25) is 0 Å². The number of hydrogen-bond acceptors (Lipinski definition) is 4. The molecule has 1 aliphatic carbocycles. The lowest BCUT2D eigenvalue weighted by Gasteiger charge is -2.42.